The molecule has 0 aliphatic carbocycles. The van der Waals surface area contributed by atoms with Crippen molar-refractivity contribution in [3.8, 4) is 0 Å². The van der Waals surface area contributed by atoms with E-state index in [1.165, 1.54) is 6.07 Å². The Morgan fingerprint density at radius 3 is 2.62 bits per heavy atom. The second-order valence-corrected chi connectivity index (χ2v) is 4.87. The maximum atomic E-state index is 14.4. The van der Waals surface area contributed by atoms with E-state index in [1.807, 2.05) is 0 Å². The summed E-state index contributed by atoms with van der Waals surface area (Å²) in [6.07, 6.45) is 0. The number of amides is 1. The minimum atomic E-state index is -3.62. The van der Waals surface area contributed by atoms with Crippen molar-refractivity contribution in [3.05, 3.63) is 42.1 Å². The maximum absolute atomic E-state index is 14.4. The van der Waals surface area contributed by atoms with Crippen LogP contribution in [0.5, 0.6) is 0 Å². The van der Waals surface area contributed by atoms with Crippen molar-refractivity contribution in [1.29, 1.82) is 0 Å². The van der Waals surface area contributed by atoms with E-state index in [2.05, 4.69) is 4.98 Å². The molecule has 1 aromatic carbocycles. The van der Waals surface area contributed by atoms with Crippen molar-refractivity contribution in [3.63, 3.8) is 0 Å². The van der Waals surface area contributed by atoms with Crippen LogP contribution in [0.25, 0.3) is 10.9 Å². The number of halogens is 2. The fourth-order valence-corrected chi connectivity index (χ4v) is 2.32. The number of ether oxygens (including phenoxy) is 1. The number of hydrogen-bond acceptors (Lipinski definition) is 3. The number of carbonyl (C=O) groups is 1. The summed E-state index contributed by atoms with van der Waals surface area (Å²) in [7, 11) is 0. The smallest absolute Gasteiger partial charge is 0.366 e. The van der Waals surface area contributed by atoms with Crippen LogP contribution in [0.15, 0.2) is 36.4 Å². The Morgan fingerprint density at radius 2 is 1.86 bits per heavy atom. The predicted octanol–water partition coefficient (Wildman–Crippen LogP) is 2.19. The first kappa shape index (κ1) is 13.9. The second kappa shape index (κ2) is 5.37. The molecular weight excluding hydrogens is 278 g/mol. The zero-order valence-corrected chi connectivity index (χ0v) is 11.3. The molecule has 1 amide bonds. The molecule has 0 N–H and O–H groups in total. The number of nitrogens with zero attached hydrogens (tertiary/aromatic N) is 2. The van der Waals surface area contributed by atoms with E-state index in [1.54, 1.807) is 30.3 Å². The van der Waals surface area contributed by atoms with Gasteiger partial charge >= 0.3 is 5.92 Å². The summed E-state index contributed by atoms with van der Waals surface area (Å²) in [6.45, 7) is 0.934. The van der Waals surface area contributed by atoms with Crippen LogP contribution in [0.4, 0.5) is 8.78 Å². The van der Waals surface area contributed by atoms with Crippen molar-refractivity contribution in [2.24, 2.45) is 0 Å². The summed E-state index contributed by atoms with van der Waals surface area (Å²) in [5.41, 5.74) is -0.0675. The summed E-state index contributed by atoms with van der Waals surface area (Å²) >= 11 is 0. The average molecular weight is 292 g/mol. The number of pyridine rings is 1. The molecule has 1 aliphatic rings. The van der Waals surface area contributed by atoms with Crippen molar-refractivity contribution < 1.29 is 18.3 Å². The molecule has 4 nitrogen and oxygen atoms in total. The number of aromatic nitrogens is 1. The SMILES string of the molecule is O=C(N1CCOCC1)C(F)(F)c1ccc2ccccc2n1. The minimum Gasteiger partial charge on any atom is -0.378 e. The van der Waals surface area contributed by atoms with Gasteiger partial charge in [0.25, 0.3) is 5.91 Å². The first-order chi connectivity index (χ1) is 10.1. The van der Waals surface area contributed by atoms with Gasteiger partial charge < -0.3 is 9.64 Å². The molecule has 0 bridgehead atoms. The van der Waals surface area contributed by atoms with E-state index in [0.717, 1.165) is 10.3 Å². The lowest BCUT2D eigenvalue weighted by atomic mass is 10.1. The largest absolute Gasteiger partial charge is 0.378 e. The fourth-order valence-electron chi connectivity index (χ4n) is 2.32. The van der Waals surface area contributed by atoms with E-state index < -0.39 is 17.5 Å². The van der Waals surface area contributed by atoms with Gasteiger partial charge in [-0.2, -0.15) is 8.78 Å². The number of benzene rings is 1. The van der Waals surface area contributed by atoms with Gasteiger partial charge in [0, 0.05) is 18.5 Å². The van der Waals surface area contributed by atoms with E-state index in [9.17, 15) is 13.6 Å². The quantitative estimate of drug-likeness (QED) is 0.852. The van der Waals surface area contributed by atoms with E-state index >= 15 is 0 Å². The highest BCUT2D eigenvalue weighted by Gasteiger charge is 2.45. The highest BCUT2D eigenvalue weighted by molar-refractivity contribution is 5.86. The molecule has 1 aliphatic heterocycles. The third-order valence-corrected chi connectivity index (χ3v) is 3.49. The second-order valence-electron chi connectivity index (χ2n) is 4.87. The maximum Gasteiger partial charge on any atom is 0.366 e. The molecule has 0 unspecified atom stereocenters. The van der Waals surface area contributed by atoms with Crippen LogP contribution >= 0.6 is 0 Å². The summed E-state index contributed by atoms with van der Waals surface area (Å²) in [5.74, 6) is -4.84. The van der Waals surface area contributed by atoms with Gasteiger partial charge in [-0.1, -0.05) is 24.3 Å². The number of morpholine rings is 1. The number of alkyl halides is 2. The van der Waals surface area contributed by atoms with Gasteiger partial charge in [-0.05, 0) is 12.1 Å². The number of fused-ring (bicyclic) bond motifs is 1. The molecule has 0 saturated carbocycles. The van der Waals surface area contributed by atoms with Crippen LogP contribution in [0.3, 0.4) is 0 Å². The Kier molecular flexibility index (Phi) is 3.55. The highest BCUT2D eigenvalue weighted by atomic mass is 19.3. The van der Waals surface area contributed by atoms with Crippen LogP contribution < -0.4 is 0 Å². The molecule has 6 heteroatoms. The minimum absolute atomic E-state index is 0.183. The molecule has 3 rings (SSSR count). The Labute approximate surface area is 120 Å². The van der Waals surface area contributed by atoms with Crippen LogP contribution in [0.1, 0.15) is 5.69 Å². The summed E-state index contributed by atoms with van der Waals surface area (Å²) < 4.78 is 33.8. The number of carbonyl (C=O) groups excluding carboxylic acids is 1. The predicted molar refractivity (Wildman–Crippen MR) is 73.0 cm³/mol. The molecule has 1 fully saturated rings. The molecular formula is C15H14F2N2O2. The zero-order valence-electron chi connectivity index (χ0n) is 11.3. The van der Waals surface area contributed by atoms with Gasteiger partial charge in [0.15, 0.2) is 0 Å². The summed E-state index contributed by atoms with van der Waals surface area (Å²) in [5, 5.41) is 0.760. The van der Waals surface area contributed by atoms with Gasteiger partial charge in [0.2, 0.25) is 0 Å². The van der Waals surface area contributed by atoms with Crippen LogP contribution in [0, 0.1) is 0 Å². The first-order valence-corrected chi connectivity index (χ1v) is 6.70. The van der Waals surface area contributed by atoms with Crippen molar-refractivity contribution in [1.82, 2.24) is 9.88 Å². The Hall–Kier alpha value is -2.08. The van der Waals surface area contributed by atoms with E-state index in [4.69, 9.17) is 4.74 Å². The summed E-state index contributed by atoms with van der Waals surface area (Å²) in [4.78, 5) is 17.1. The Bertz CT molecular complexity index is 670. The lowest BCUT2D eigenvalue weighted by Gasteiger charge is -2.29. The van der Waals surface area contributed by atoms with Crippen LogP contribution in [-0.4, -0.2) is 42.1 Å². The topological polar surface area (TPSA) is 42.4 Å². The van der Waals surface area contributed by atoms with Crippen molar-refractivity contribution in [2.45, 2.75) is 5.92 Å². The number of hydrogen-bond donors (Lipinski definition) is 0. The normalized spacial score (nSPS) is 16.2. The first-order valence-electron chi connectivity index (χ1n) is 6.70. The molecule has 0 radical (unpaired) electrons. The van der Waals surface area contributed by atoms with E-state index in [0.29, 0.717) is 5.52 Å². The lowest BCUT2D eigenvalue weighted by molar-refractivity contribution is -0.163. The highest BCUT2D eigenvalue weighted by Crippen LogP contribution is 2.30. The summed E-state index contributed by atoms with van der Waals surface area (Å²) in [6, 6.07) is 9.72. The Morgan fingerprint density at radius 1 is 1.14 bits per heavy atom. The Balaban J connectivity index is 1.92. The fraction of sp³-hybridized carbons (Fsp3) is 0.333. The molecule has 2 heterocycles. The van der Waals surface area contributed by atoms with Gasteiger partial charge in [-0.3, -0.25) is 4.79 Å². The molecule has 2 aromatic rings. The lowest BCUT2D eigenvalue weighted by Crippen LogP contribution is -2.47. The number of para-hydroxylation sites is 1. The standard InChI is InChI=1S/C15H14F2N2O2/c16-15(17,14(20)19-7-9-21-10-8-19)13-6-5-11-3-1-2-4-12(11)18-13/h1-6H,7-10H2. The van der Waals surface area contributed by atoms with Gasteiger partial charge in [-0.15, -0.1) is 0 Å². The van der Waals surface area contributed by atoms with Crippen molar-refractivity contribution >= 4 is 16.8 Å². The number of rotatable bonds is 2. The van der Waals surface area contributed by atoms with Crippen LogP contribution in [0.2, 0.25) is 0 Å². The molecule has 0 atom stereocenters. The van der Waals surface area contributed by atoms with Gasteiger partial charge in [0.05, 0.1) is 18.7 Å². The molecule has 110 valence electrons. The molecule has 1 aromatic heterocycles. The van der Waals surface area contributed by atoms with Crippen molar-refractivity contribution in [2.75, 3.05) is 26.3 Å². The van der Waals surface area contributed by atoms with Gasteiger partial charge in [0.1, 0.15) is 5.69 Å². The van der Waals surface area contributed by atoms with E-state index in [-0.39, 0.29) is 26.3 Å². The molecule has 21 heavy (non-hydrogen) atoms. The molecule has 1 saturated heterocycles. The van der Waals surface area contributed by atoms with Crippen LogP contribution in [-0.2, 0) is 15.5 Å². The average Bonchev–Trinajstić information content (AvgIpc) is 2.54. The monoisotopic (exact) mass is 292 g/mol. The van der Waals surface area contributed by atoms with Gasteiger partial charge in [-0.25, -0.2) is 4.98 Å². The zero-order chi connectivity index (χ0) is 14.9. The third-order valence-electron chi connectivity index (χ3n) is 3.49. The molecule has 0 spiro atoms. The third kappa shape index (κ3) is 2.58.